The molecule has 0 radical (unpaired) electrons. The molecule has 190 valence electrons. The van der Waals surface area contributed by atoms with E-state index in [1.54, 1.807) is 21.2 Å². The van der Waals surface area contributed by atoms with Crippen LogP contribution in [0.4, 0.5) is 11.4 Å². The first kappa shape index (κ1) is 26.6. The molecular weight excluding hydrogens is 468 g/mol. The van der Waals surface area contributed by atoms with E-state index >= 15 is 0 Å². The van der Waals surface area contributed by atoms with E-state index in [4.69, 9.17) is 39.4 Å². The Morgan fingerprint density at radius 3 is 2.63 bits per heavy atom. The lowest BCUT2D eigenvalue weighted by molar-refractivity contribution is -0.114. The van der Waals surface area contributed by atoms with E-state index < -0.39 is 5.91 Å². The smallest absolute Gasteiger partial charge is 0.255 e. The van der Waals surface area contributed by atoms with Crippen LogP contribution < -0.4 is 33.4 Å². The van der Waals surface area contributed by atoms with Crippen molar-refractivity contribution in [3.8, 4) is 11.8 Å². The molecule has 0 bridgehead atoms. The van der Waals surface area contributed by atoms with Gasteiger partial charge in [0, 0.05) is 39.8 Å². The summed E-state index contributed by atoms with van der Waals surface area (Å²) >= 11 is 6.52. The number of aliphatic imine (C=N–C) groups is 1. The molecule has 1 heterocycles. The van der Waals surface area contributed by atoms with Gasteiger partial charge in [-0.3, -0.25) is 14.7 Å². The number of nitrogens with two attached hydrogens (primary N) is 4. The normalized spacial score (nSPS) is 21.3. The molecule has 35 heavy (non-hydrogen) atoms. The zero-order valence-electron chi connectivity index (χ0n) is 20.7. The van der Waals surface area contributed by atoms with Crippen molar-refractivity contribution in [2.24, 2.45) is 22.3 Å². The third-order valence-electron chi connectivity index (χ3n) is 6.38. The van der Waals surface area contributed by atoms with E-state index in [1.165, 1.54) is 5.01 Å². The van der Waals surface area contributed by atoms with Crippen LogP contribution in [0.25, 0.3) is 0 Å². The number of ether oxygens (including phenoxy) is 1. The molecule has 2 aliphatic rings. The predicted molar refractivity (Wildman–Crippen MR) is 141 cm³/mol. The predicted octanol–water partition coefficient (Wildman–Crippen LogP) is 0.496. The second-order valence-electron chi connectivity index (χ2n) is 9.07. The number of halogens is 1. The van der Waals surface area contributed by atoms with Gasteiger partial charge in [-0.05, 0) is 49.8 Å². The van der Waals surface area contributed by atoms with Crippen molar-refractivity contribution < 1.29 is 9.53 Å². The molecule has 1 amide bonds. The Morgan fingerprint density at radius 1 is 1.40 bits per heavy atom. The first-order chi connectivity index (χ1) is 16.6. The van der Waals surface area contributed by atoms with Crippen molar-refractivity contribution >= 4 is 34.7 Å². The first-order valence-corrected chi connectivity index (χ1v) is 11.8. The van der Waals surface area contributed by atoms with Crippen LogP contribution in [0.3, 0.4) is 0 Å². The van der Waals surface area contributed by atoms with Gasteiger partial charge in [0.25, 0.3) is 5.91 Å². The van der Waals surface area contributed by atoms with Crippen molar-refractivity contribution in [2.45, 2.75) is 37.3 Å². The van der Waals surface area contributed by atoms with Gasteiger partial charge in [0.15, 0.2) is 0 Å². The second kappa shape index (κ2) is 11.2. The highest BCUT2D eigenvalue weighted by Crippen LogP contribution is 2.48. The van der Waals surface area contributed by atoms with Crippen molar-refractivity contribution in [1.82, 2.24) is 10.2 Å². The number of hydrazine groups is 1. The van der Waals surface area contributed by atoms with Gasteiger partial charge in [-0.25, -0.2) is 5.84 Å². The number of allylic oxidation sites excluding steroid dienone is 1. The van der Waals surface area contributed by atoms with Gasteiger partial charge in [0.1, 0.15) is 11.4 Å². The molecule has 1 aliphatic carbocycles. The molecule has 11 heteroatoms. The van der Waals surface area contributed by atoms with Crippen molar-refractivity contribution in [2.75, 3.05) is 52.1 Å². The van der Waals surface area contributed by atoms with E-state index in [9.17, 15) is 4.79 Å². The molecule has 1 saturated heterocycles. The molecule has 10 nitrogen and oxygen atoms in total. The third kappa shape index (κ3) is 6.00. The van der Waals surface area contributed by atoms with Gasteiger partial charge in [0.2, 0.25) is 0 Å². The van der Waals surface area contributed by atoms with Crippen LogP contribution >= 0.6 is 11.6 Å². The summed E-state index contributed by atoms with van der Waals surface area (Å²) in [6, 6.07) is 2.14. The fourth-order valence-corrected chi connectivity index (χ4v) is 4.76. The maximum atomic E-state index is 12.4. The standard InChI is InChI=1S/C24H35ClN8O2/c1-30-24(31-14-9-15(12-35-4)32(2)11-14)20(23(28)34)19(26)8-7-16-18(25)10-17(13-5-6-13)22(21(16)27)33(3)29/h10,13-15H,5-6,9,11-12,26-27,29H2,1-4H3,(H2,28,34)(H,30,31)/b20-19-/t14-,15?/m0/s1. The van der Waals surface area contributed by atoms with Crippen molar-refractivity contribution in [3.05, 3.63) is 33.5 Å². The summed E-state index contributed by atoms with van der Waals surface area (Å²) in [6.07, 6.45) is 2.94. The summed E-state index contributed by atoms with van der Waals surface area (Å²) in [6.45, 7) is 1.36. The third-order valence-corrected chi connectivity index (χ3v) is 6.67. The highest BCUT2D eigenvalue weighted by Gasteiger charge is 2.32. The minimum atomic E-state index is -0.741. The Kier molecular flexibility index (Phi) is 8.51. The highest BCUT2D eigenvalue weighted by atomic mass is 35.5. The average Bonchev–Trinajstić information content (AvgIpc) is 3.56. The molecule has 2 fully saturated rings. The fraction of sp³-hybridized carbons (Fsp3) is 0.500. The van der Waals surface area contributed by atoms with Crippen LogP contribution in [0.5, 0.6) is 0 Å². The monoisotopic (exact) mass is 502 g/mol. The SMILES string of the molecule is CN=C(N[C@H]1CC(COC)N(C)C1)/C(C(N)=O)=C(\N)C#Cc1c(Cl)cc(C2CC2)c(N(C)N)c1N. The molecule has 1 saturated carbocycles. The van der Waals surface area contributed by atoms with Crippen LogP contribution in [-0.4, -0.2) is 70.1 Å². The molecule has 1 aliphatic heterocycles. The Morgan fingerprint density at radius 2 is 2.09 bits per heavy atom. The minimum Gasteiger partial charge on any atom is -0.396 e. The van der Waals surface area contributed by atoms with E-state index in [-0.39, 0.29) is 29.2 Å². The Bertz CT molecular complexity index is 1100. The second-order valence-corrected chi connectivity index (χ2v) is 9.48. The zero-order chi connectivity index (χ0) is 25.9. The topological polar surface area (TPSA) is 161 Å². The number of carbonyl (C=O) groups is 1. The number of methoxy groups -OCH3 is 1. The van der Waals surface area contributed by atoms with Gasteiger partial charge in [-0.15, -0.1) is 0 Å². The zero-order valence-corrected chi connectivity index (χ0v) is 21.4. The van der Waals surface area contributed by atoms with Crippen LogP contribution in [0, 0.1) is 11.8 Å². The summed E-state index contributed by atoms with van der Waals surface area (Å²) in [4.78, 5) is 18.8. The molecular formula is C24H35ClN8O2. The number of likely N-dealkylation sites (tertiary alicyclic amines) is 1. The van der Waals surface area contributed by atoms with E-state index in [1.807, 2.05) is 13.1 Å². The molecule has 1 aromatic rings. The number of hydrogen-bond acceptors (Lipinski definition) is 8. The largest absolute Gasteiger partial charge is 0.396 e. The van der Waals surface area contributed by atoms with Crippen molar-refractivity contribution in [3.63, 3.8) is 0 Å². The van der Waals surface area contributed by atoms with Crippen LogP contribution in [0.1, 0.15) is 36.3 Å². The lowest BCUT2D eigenvalue weighted by atomic mass is 10.0. The van der Waals surface area contributed by atoms with Gasteiger partial charge >= 0.3 is 0 Å². The summed E-state index contributed by atoms with van der Waals surface area (Å²) in [5.41, 5.74) is 20.7. The molecule has 1 unspecified atom stereocenters. The average molecular weight is 503 g/mol. The number of hydrogen-bond donors (Lipinski definition) is 5. The number of nitrogen functional groups attached to an aromatic ring is 1. The summed E-state index contributed by atoms with van der Waals surface area (Å²) in [7, 11) is 6.98. The van der Waals surface area contributed by atoms with Gasteiger partial charge in [-0.2, -0.15) is 0 Å². The Balaban J connectivity index is 1.93. The lowest BCUT2D eigenvalue weighted by Gasteiger charge is -2.21. The van der Waals surface area contributed by atoms with Crippen LogP contribution in [-0.2, 0) is 9.53 Å². The number of amidine groups is 1. The summed E-state index contributed by atoms with van der Waals surface area (Å²) in [5.74, 6) is 11.7. The van der Waals surface area contributed by atoms with Crippen molar-refractivity contribution in [1.29, 1.82) is 0 Å². The number of anilines is 2. The lowest BCUT2D eigenvalue weighted by Crippen LogP contribution is -2.41. The molecule has 2 atom stereocenters. The maximum absolute atomic E-state index is 12.4. The van der Waals surface area contributed by atoms with Gasteiger partial charge in [-0.1, -0.05) is 17.5 Å². The molecule has 9 N–H and O–H groups in total. The number of nitrogens with one attached hydrogen (secondary N) is 1. The summed E-state index contributed by atoms with van der Waals surface area (Å²) in [5, 5.41) is 5.16. The molecule has 0 spiro atoms. The van der Waals surface area contributed by atoms with E-state index in [0.29, 0.717) is 34.5 Å². The van der Waals surface area contributed by atoms with Gasteiger partial charge in [0.05, 0.1) is 34.3 Å². The molecule has 0 aromatic heterocycles. The fourth-order valence-electron chi connectivity index (χ4n) is 4.49. The number of amides is 1. The summed E-state index contributed by atoms with van der Waals surface area (Å²) < 4.78 is 5.29. The Hall–Kier alpha value is -2.97. The Labute approximate surface area is 211 Å². The highest BCUT2D eigenvalue weighted by molar-refractivity contribution is 6.32. The van der Waals surface area contributed by atoms with E-state index in [0.717, 1.165) is 31.4 Å². The number of carbonyl (C=O) groups excluding carboxylic acids is 1. The molecule has 1 aromatic carbocycles. The number of likely N-dealkylation sites (N-methyl/N-ethyl adjacent to an activating group) is 1. The minimum absolute atomic E-state index is 0.0123. The quantitative estimate of drug-likeness (QED) is 0.0684. The number of primary amides is 1. The van der Waals surface area contributed by atoms with Crippen LogP contribution in [0.15, 0.2) is 22.3 Å². The van der Waals surface area contributed by atoms with E-state index in [2.05, 4.69) is 27.0 Å². The molecule has 3 rings (SSSR count). The first-order valence-electron chi connectivity index (χ1n) is 11.4. The van der Waals surface area contributed by atoms with Crippen LogP contribution in [0.2, 0.25) is 5.02 Å². The number of benzene rings is 1. The number of nitrogens with zero attached hydrogens (tertiary/aromatic N) is 3. The number of rotatable bonds is 7. The van der Waals surface area contributed by atoms with Gasteiger partial charge < -0.3 is 32.3 Å². The maximum Gasteiger partial charge on any atom is 0.255 e.